The van der Waals surface area contributed by atoms with Gasteiger partial charge in [0, 0.05) is 25.3 Å². The van der Waals surface area contributed by atoms with Crippen molar-refractivity contribution in [1.82, 2.24) is 20.5 Å². The summed E-state index contributed by atoms with van der Waals surface area (Å²) in [5.41, 5.74) is 5.74. The van der Waals surface area contributed by atoms with Crippen LogP contribution in [-0.2, 0) is 4.74 Å². The Hall–Kier alpha value is -2.35. The van der Waals surface area contributed by atoms with Gasteiger partial charge in [-0.1, -0.05) is 51.4 Å². The van der Waals surface area contributed by atoms with Crippen LogP contribution in [0.25, 0.3) is 0 Å². The lowest BCUT2D eigenvalue weighted by molar-refractivity contribution is 0.0471. The molecule has 0 unspecified atom stereocenters. The number of nitrogen functional groups attached to an aromatic ring is 1. The molecule has 0 aromatic carbocycles. The van der Waals surface area contributed by atoms with E-state index in [9.17, 15) is 9.59 Å². The first-order valence-electron chi connectivity index (χ1n) is 13.9. The Morgan fingerprint density at radius 2 is 1.69 bits per heavy atom. The van der Waals surface area contributed by atoms with Crippen molar-refractivity contribution in [2.45, 2.75) is 109 Å². The van der Waals surface area contributed by atoms with E-state index in [1.54, 1.807) is 18.3 Å². The summed E-state index contributed by atoms with van der Waals surface area (Å²) < 4.78 is 5.39. The molecule has 8 heteroatoms. The van der Waals surface area contributed by atoms with Gasteiger partial charge in [0.25, 0.3) is 5.91 Å². The van der Waals surface area contributed by atoms with Crippen LogP contribution in [0.2, 0.25) is 0 Å². The van der Waals surface area contributed by atoms with Crippen LogP contribution in [0.4, 0.5) is 10.6 Å². The molecule has 36 heavy (non-hydrogen) atoms. The summed E-state index contributed by atoms with van der Waals surface area (Å²) in [4.78, 5) is 30.5. The summed E-state index contributed by atoms with van der Waals surface area (Å²) in [7, 11) is 0. The van der Waals surface area contributed by atoms with Crippen LogP contribution < -0.4 is 16.4 Å². The van der Waals surface area contributed by atoms with Crippen molar-refractivity contribution in [2.24, 2.45) is 0 Å². The fraction of sp³-hybridized carbons (Fsp3) is 0.750. The third-order valence-electron chi connectivity index (χ3n) is 6.50. The summed E-state index contributed by atoms with van der Waals surface area (Å²) in [6, 6.07) is 3.63. The van der Waals surface area contributed by atoms with Gasteiger partial charge >= 0.3 is 6.09 Å². The topological polar surface area (TPSA) is 110 Å². The summed E-state index contributed by atoms with van der Waals surface area (Å²) in [5, 5.41) is 5.96. The van der Waals surface area contributed by atoms with Crippen LogP contribution >= 0.6 is 0 Å². The molecule has 2 rings (SSSR count). The number of ether oxygens (including phenoxy) is 1. The van der Waals surface area contributed by atoms with Gasteiger partial charge in [0.1, 0.15) is 11.4 Å². The standard InChI is InChI=1S/C28H49N5O3/c1-28(2,3)36-27(35)32-23-16-15-21-33(22-23)20-13-11-9-7-5-4-6-8-10-12-18-31-26(34)24-17-14-19-30-25(24)29/h14,17,19,23H,4-13,15-16,18,20-22H2,1-3H3,(H2,29,30)(H,31,34)(H,32,35)/t23-/m1/s1. The summed E-state index contributed by atoms with van der Waals surface area (Å²) in [5.74, 6) is 0.140. The Labute approximate surface area is 218 Å². The van der Waals surface area contributed by atoms with Gasteiger partial charge in [-0.15, -0.1) is 0 Å². The number of piperidine rings is 1. The highest BCUT2D eigenvalue weighted by molar-refractivity contribution is 5.98. The maximum Gasteiger partial charge on any atom is 0.407 e. The molecule has 1 aromatic heterocycles. The molecule has 1 atom stereocenters. The predicted octanol–water partition coefficient (Wildman–Crippen LogP) is 5.28. The quantitative estimate of drug-likeness (QED) is 0.281. The van der Waals surface area contributed by atoms with Crippen LogP contribution in [0.15, 0.2) is 18.3 Å². The van der Waals surface area contributed by atoms with E-state index >= 15 is 0 Å². The summed E-state index contributed by atoms with van der Waals surface area (Å²) in [6.07, 6.45) is 15.8. The minimum Gasteiger partial charge on any atom is -0.444 e. The highest BCUT2D eigenvalue weighted by atomic mass is 16.6. The Morgan fingerprint density at radius 1 is 1.06 bits per heavy atom. The molecule has 1 aliphatic rings. The number of carbonyl (C=O) groups is 2. The molecule has 0 bridgehead atoms. The van der Waals surface area contributed by atoms with Gasteiger partial charge < -0.3 is 26.0 Å². The number of alkyl carbamates (subject to hydrolysis) is 1. The molecule has 2 amide bonds. The first kappa shape index (κ1) is 29.9. The molecule has 8 nitrogen and oxygen atoms in total. The Kier molecular flexibility index (Phi) is 13.6. The van der Waals surface area contributed by atoms with Crippen molar-refractivity contribution in [3.8, 4) is 0 Å². The van der Waals surface area contributed by atoms with Crippen LogP contribution in [0.5, 0.6) is 0 Å². The number of likely N-dealkylation sites (tertiary alicyclic amines) is 1. The van der Waals surface area contributed by atoms with Crippen LogP contribution in [-0.4, -0.2) is 59.7 Å². The second-order valence-corrected chi connectivity index (χ2v) is 11.0. The zero-order valence-electron chi connectivity index (χ0n) is 22.8. The van der Waals surface area contributed by atoms with Gasteiger partial charge in [-0.3, -0.25) is 4.79 Å². The number of hydrogen-bond donors (Lipinski definition) is 3. The first-order valence-corrected chi connectivity index (χ1v) is 13.9. The zero-order chi connectivity index (χ0) is 26.2. The van der Waals surface area contributed by atoms with Crippen LogP contribution in [0, 0.1) is 0 Å². The zero-order valence-corrected chi connectivity index (χ0v) is 22.8. The van der Waals surface area contributed by atoms with E-state index in [-0.39, 0.29) is 23.9 Å². The Balaban J connectivity index is 1.38. The average molecular weight is 504 g/mol. The lowest BCUT2D eigenvalue weighted by Gasteiger charge is -2.33. The number of nitrogens with one attached hydrogen (secondary N) is 2. The minimum absolute atomic E-state index is 0.141. The van der Waals surface area contributed by atoms with Gasteiger partial charge in [0.2, 0.25) is 0 Å². The molecular weight excluding hydrogens is 454 g/mol. The molecule has 0 aliphatic carbocycles. The number of carbonyl (C=O) groups excluding carboxylic acids is 2. The van der Waals surface area contributed by atoms with Crippen molar-refractivity contribution >= 4 is 17.8 Å². The lowest BCUT2D eigenvalue weighted by atomic mass is 10.0. The number of nitrogens with two attached hydrogens (primary N) is 1. The molecule has 1 aromatic rings. The largest absolute Gasteiger partial charge is 0.444 e. The molecule has 1 aliphatic heterocycles. The Morgan fingerprint density at radius 3 is 2.33 bits per heavy atom. The lowest BCUT2D eigenvalue weighted by Crippen LogP contribution is -2.49. The van der Waals surface area contributed by atoms with Crippen molar-refractivity contribution in [1.29, 1.82) is 0 Å². The minimum atomic E-state index is -0.450. The fourth-order valence-electron chi connectivity index (χ4n) is 4.63. The molecule has 0 spiro atoms. The number of nitrogens with zero attached hydrogens (tertiary/aromatic N) is 2. The van der Waals surface area contributed by atoms with Gasteiger partial charge in [-0.2, -0.15) is 0 Å². The van der Waals surface area contributed by atoms with Gasteiger partial charge in [0.15, 0.2) is 0 Å². The van der Waals surface area contributed by atoms with Crippen LogP contribution in [0.3, 0.4) is 0 Å². The van der Waals surface area contributed by atoms with Crippen molar-refractivity contribution < 1.29 is 14.3 Å². The second kappa shape index (κ2) is 16.4. The van der Waals surface area contributed by atoms with E-state index in [1.807, 2.05) is 20.8 Å². The van der Waals surface area contributed by atoms with E-state index in [2.05, 4.69) is 20.5 Å². The van der Waals surface area contributed by atoms with E-state index in [1.165, 1.54) is 51.4 Å². The van der Waals surface area contributed by atoms with Crippen molar-refractivity contribution in [2.75, 3.05) is 31.9 Å². The maximum absolute atomic E-state index is 12.1. The number of hydrogen-bond acceptors (Lipinski definition) is 6. The summed E-state index contributed by atoms with van der Waals surface area (Å²) in [6.45, 7) is 9.55. The third kappa shape index (κ3) is 13.1. The number of pyridine rings is 1. The molecule has 2 heterocycles. The Bertz CT molecular complexity index is 781. The average Bonchev–Trinajstić information content (AvgIpc) is 2.81. The molecule has 4 N–H and O–H groups in total. The monoisotopic (exact) mass is 503 g/mol. The SMILES string of the molecule is CC(C)(C)OC(=O)N[C@@H]1CCCN(CCCCCCCCCCCCNC(=O)c2cccnc2N)C1. The van der Waals surface area contributed by atoms with Gasteiger partial charge in [-0.25, -0.2) is 9.78 Å². The molecule has 204 valence electrons. The number of unbranched alkanes of at least 4 members (excludes halogenated alkanes) is 9. The maximum atomic E-state index is 12.1. The molecule has 1 fully saturated rings. The van der Waals surface area contributed by atoms with Crippen molar-refractivity contribution in [3.05, 3.63) is 23.9 Å². The van der Waals surface area contributed by atoms with Crippen LogP contribution in [0.1, 0.15) is 108 Å². The predicted molar refractivity (Wildman–Crippen MR) is 146 cm³/mol. The molecule has 0 radical (unpaired) electrons. The normalized spacial score (nSPS) is 16.5. The molecular formula is C28H49N5O3. The summed E-state index contributed by atoms with van der Waals surface area (Å²) >= 11 is 0. The highest BCUT2D eigenvalue weighted by Gasteiger charge is 2.23. The molecule has 0 saturated carbocycles. The number of rotatable bonds is 15. The number of anilines is 1. The fourth-order valence-corrected chi connectivity index (χ4v) is 4.63. The first-order chi connectivity index (χ1) is 17.2. The smallest absolute Gasteiger partial charge is 0.407 e. The van der Waals surface area contributed by atoms with E-state index in [0.717, 1.165) is 45.3 Å². The number of aromatic nitrogens is 1. The van der Waals surface area contributed by atoms with E-state index in [0.29, 0.717) is 12.1 Å². The van der Waals surface area contributed by atoms with Crippen molar-refractivity contribution in [3.63, 3.8) is 0 Å². The highest BCUT2D eigenvalue weighted by Crippen LogP contribution is 2.15. The van der Waals surface area contributed by atoms with Gasteiger partial charge in [-0.05, 0) is 71.7 Å². The third-order valence-corrected chi connectivity index (χ3v) is 6.50. The second-order valence-electron chi connectivity index (χ2n) is 11.0. The van der Waals surface area contributed by atoms with E-state index < -0.39 is 5.60 Å². The van der Waals surface area contributed by atoms with E-state index in [4.69, 9.17) is 10.5 Å². The van der Waals surface area contributed by atoms with Gasteiger partial charge in [0.05, 0.1) is 5.56 Å². The molecule has 1 saturated heterocycles. The number of amides is 2.